The molecule has 1 N–H and O–H groups in total. The molecule has 2 heterocycles. The molecule has 4 heteroatoms. The Balaban J connectivity index is 1.52. The van der Waals surface area contributed by atoms with Crippen molar-refractivity contribution in [3.8, 4) is 0 Å². The van der Waals surface area contributed by atoms with Crippen LogP contribution in [0.2, 0.25) is 0 Å². The minimum Gasteiger partial charge on any atom is -0.307 e. The highest BCUT2D eigenvalue weighted by molar-refractivity contribution is 5.21. The lowest BCUT2D eigenvalue weighted by Gasteiger charge is -2.21. The minimum atomic E-state index is 0.619. The van der Waals surface area contributed by atoms with Crippen LogP contribution in [0.5, 0.6) is 0 Å². The number of nitrogens with one attached hydrogen (secondary N) is 1. The zero-order chi connectivity index (χ0) is 14.5. The van der Waals surface area contributed by atoms with Gasteiger partial charge in [-0.05, 0) is 43.0 Å². The Bertz CT molecular complexity index is 570. The van der Waals surface area contributed by atoms with Gasteiger partial charge in [0.05, 0.1) is 11.7 Å². The largest absolute Gasteiger partial charge is 0.307 e. The molecule has 0 amide bonds. The van der Waals surface area contributed by atoms with E-state index >= 15 is 0 Å². The van der Waals surface area contributed by atoms with E-state index in [1.54, 1.807) is 0 Å². The van der Waals surface area contributed by atoms with Gasteiger partial charge in [-0.3, -0.25) is 9.67 Å². The van der Waals surface area contributed by atoms with Gasteiger partial charge in [0.2, 0.25) is 0 Å². The zero-order valence-corrected chi connectivity index (χ0v) is 12.8. The van der Waals surface area contributed by atoms with Gasteiger partial charge in [0.25, 0.3) is 0 Å². The van der Waals surface area contributed by atoms with E-state index in [1.165, 1.54) is 43.2 Å². The van der Waals surface area contributed by atoms with E-state index in [0.29, 0.717) is 6.04 Å². The summed E-state index contributed by atoms with van der Waals surface area (Å²) >= 11 is 0. The Morgan fingerprint density at radius 2 is 2.05 bits per heavy atom. The molecular formula is C17H24N4. The number of rotatable bonds is 5. The van der Waals surface area contributed by atoms with E-state index in [-0.39, 0.29) is 0 Å². The van der Waals surface area contributed by atoms with Crippen molar-refractivity contribution in [3.63, 3.8) is 0 Å². The van der Waals surface area contributed by atoms with E-state index in [1.807, 2.05) is 12.4 Å². The summed E-state index contributed by atoms with van der Waals surface area (Å²) < 4.78 is 2.17. The molecule has 0 radical (unpaired) electrons. The number of hydrogen-bond donors (Lipinski definition) is 1. The molecule has 0 aromatic carbocycles. The SMILES string of the molecule is Cc1ccncc1CNCc1ccn(C2CCCCC2)n1. The van der Waals surface area contributed by atoms with Gasteiger partial charge in [-0.1, -0.05) is 19.3 Å². The average Bonchev–Trinajstić information content (AvgIpc) is 2.99. The second kappa shape index (κ2) is 6.85. The maximum Gasteiger partial charge on any atom is 0.0762 e. The molecule has 0 spiro atoms. The minimum absolute atomic E-state index is 0.619. The van der Waals surface area contributed by atoms with Crippen LogP contribution in [0.25, 0.3) is 0 Å². The van der Waals surface area contributed by atoms with Gasteiger partial charge in [0.15, 0.2) is 0 Å². The van der Waals surface area contributed by atoms with Gasteiger partial charge in [-0.15, -0.1) is 0 Å². The normalized spacial score (nSPS) is 16.2. The maximum absolute atomic E-state index is 4.73. The van der Waals surface area contributed by atoms with Crippen LogP contribution in [0.15, 0.2) is 30.7 Å². The maximum atomic E-state index is 4.73. The third kappa shape index (κ3) is 3.70. The van der Waals surface area contributed by atoms with Crippen LogP contribution in [0.3, 0.4) is 0 Å². The van der Waals surface area contributed by atoms with Gasteiger partial charge >= 0.3 is 0 Å². The first-order valence-corrected chi connectivity index (χ1v) is 7.97. The second-order valence-electron chi connectivity index (χ2n) is 5.98. The van der Waals surface area contributed by atoms with Crippen LogP contribution in [-0.4, -0.2) is 14.8 Å². The summed E-state index contributed by atoms with van der Waals surface area (Å²) in [4.78, 5) is 4.18. The molecule has 4 nitrogen and oxygen atoms in total. The zero-order valence-electron chi connectivity index (χ0n) is 12.8. The van der Waals surface area contributed by atoms with Crippen molar-refractivity contribution >= 4 is 0 Å². The number of nitrogens with zero attached hydrogens (tertiary/aromatic N) is 3. The van der Waals surface area contributed by atoms with Crippen LogP contribution in [-0.2, 0) is 13.1 Å². The van der Waals surface area contributed by atoms with Crippen LogP contribution in [0, 0.1) is 6.92 Å². The van der Waals surface area contributed by atoms with E-state index in [4.69, 9.17) is 5.10 Å². The van der Waals surface area contributed by atoms with Crippen molar-refractivity contribution in [3.05, 3.63) is 47.5 Å². The lowest BCUT2D eigenvalue weighted by molar-refractivity contribution is 0.327. The van der Waals surface area contributed by atoms with Crippen molar-refractivity contribution in [1.82, 2.24) is 20.1 Å². The molecular weight excluding hydrogens is 260 g/mol. The lowest BCUT2D eigenvalue weighted by Crippen LogP contribution is -2.16. The van der Waals surface area contributed by atoms with Crippen molar-refractivity contribution in [2.24, 2.45) is 0 Å². The first-order valence-electron chi connectivity index (χ1n) is 7.97. The smallest absolute Gasteiger partial charge is 0.0762 e. The lowest BCUT2D eigenvalue weighted by atomic mass is 9.96. The van der Waals surface area contributed by atoms with E-state index < -0.39 is 0 Å². The van der Waals surface area contributed by atoms with E-state index in [2.05, 4.69) is 40.2 Å². The monoisotopic (exact) mass is 284 g/mol. The summed E-state index contributed by atoms with van der Waals surface area (Å²) in [6.45, 7) is 3.78. The molecule has 1 saturated carbocycles. The highest BCUT2D eigenvalue weighted by Crippen LogP contribution is 2.27. The molecule has 112 valence electrons. The topological polar surface area (TPSA) is 42.7 Å². The Hall–Kier alpha value is -1.68. The fourth-order valence-electron chi connectivity index (χ4n) is 3.03. The molecule has 0 saturated heterocycles. The predicted octanol–water partition coefficient (Wildman–Crippen LogP) is 3.38. The van der Waals surface area contributed by atoms with Crippen LogP contribution in [0.1, 0.15) is 55.0 Å². The van der Waals surface area contributed by atoms with E-state index in [0.717, 1.165) is 18.8 Å². The molecule has 1 fully saturated rings. The Kier molecular flexibility index (Phi) is 4.65. The van der Waals surface area contributed by atoms with Crippen molar-refractivity contribution < 1.29 is 0 Å². The first kappa shape index (κ1) is 14.3. The summed E-state index contributed by atoms with van der Waals surface area (Å²) in [5, 5.41) is 8.19. The fraction of sp³-hybridized carbons (Fsp3) is 0.529. The van der Waals surface area contributed by atoms with Gasteiger partial charge in [0, 0.05) is 31.7 Å². The quantitative estimate of drug-likeness (QED) is 0.915. The standard InChI is InChI=1S/C17H24N4/c1-14-7-9-18-11-15(14)12-19-13-16-8-10-21(20-16)17-5-3-2-4-6-17/h7-11,17,19H,2-6,12-13H2,1H3. The first-order chi connectivity index (χ1) is 10.3. The molecule has 3 rings (SSSR count). The van der Waals surface area contributed by atoms with Gasteiger partial charge < -0.3 is 5.32 Å². The molecule has 21 heavy (non-hydrogen) atoms. The van der Waals surface area contributed by atoms with Gasteiger partial charge in [-0.25, -0.2) is 0 Å². The summed E-state index contributed by atoms with van der Waals surface area (Å²) in [5.74, 6) is 0. The molecule has 0 bridgehead atoms. The van der Waals surface area contributed by atoms with Crippen LogP contribution in [0.4, 0.5) is 0 Å². The second-order valence-corrected chi connectivity index (χ2v) is 5.98. The van der Waals surface area contributed by atoms with Crippen LogP contribution < -0.4 is 5.32 Å². The van der Waals surface area contributed by atoms with Crippen molar-refractivity contribution in [2.45, 2.75) is 58.2 Å². The number of pyridine rings is 1. The molecule has 0 aliphatic heterocycles. The van der Waals surface area contributed by atoms with Gasteiger partial charge in [0.1, 0.15) is 0 Å². The highest BCUT2D eigenvalue weighted by atomic mass is 15.3. The molecule has 1 aliphatic carbocycles. The molecule has 0 atom stereocenters. The Morgan fingerprint density at radius 1 is 1.19 bits per heavy atom. The Morgan fingerprint density at radius 3 is 2.86 bits per heavy atom. The number of hydrogen-bond acceptors (Lipinski definition) is 3. The fourth-order valence-corrected chi connectivity index (χ4v) is 3.03. The summed E-state index contributed by atoms with van der Waals surface area (Å²) in [6.07, 6.45) is 12.6. The number of aryl methyl sites for hydroxylation is 1. The molecule has 2 aromatic heterocycles. The van der Waals surface area contributed by atoms with Crippen LogP contribution >= 0.6 is 0 Å². The molecule has 0 unspecified atom stereocenters. The predicted molar refractivity (Wildman–Crippen MR) is 83.9 cm³/mol. The number of aromatic nitrogens is 3. The molecule has 1 aliphatic rings. The highest BCUT2D eigenvalue weighted by Gasteiger charge is 2.15. The summed E-state index contributed by atoms with van der Waals surface area (Å²) in [5.41, 5.74) is 3.66. The summed E-state index contributed by atoms with van der Waals surface area (Å²) in [6, 6.07) is 4.81. The third-order valence-corrected chi connectivity index (χ3v) is 4.38. The third-order valence-electron chi connectivity index (χ3n) is 4.38. The summed E-state index contributed by atoms with van der Waals surface area (Å²) in [7, 11) is 0. The Labute approximate surface area is 126 Å². The van der Waals surface area contributed by atoms with Crippen molar-refractivity contribution in [2.75, 3.05) is 0 Å². The average molecular weight is 284 g/mol. The molecule has 2 aromatic rings. The van der Waals surface area contributed by atoms with Gasteiger partial charge in [-0.2, -0.15) is 5.10 Å². The van der Waals surface area contributed by atoms with E-state index in [9.17, 15) is 0 Å². The van der Waals surface area contributed by atoms with Crippen molar-refractivity contribution in [1.29, 1.82) is 0 Å².